The fourth-order valence-corrected chi connectivity index (χ4v) is 1.63. The van der Waals surface area contributed by atoms with Crippen molar-refractivity contribution in [2.45, 2.75) is 0 Å². The van der Waals surface area contributed by atoms with E-state index in [4.69, 9.17) is 5.73 Å². The molecule has 0 unspecified atom stereocenters. The quantitative estimate of drug-likeness (QED) is 0.539. The second kappa shape index (κ2) is 3.73. The fourth-order valence-electron chi connectivity index (χ4n) is 1.13. The highest BCUT2D eigenvalue weighted by Crippen LogP contribution is 2.14. The van der Waals surface area contributed by atoms with Crippen molar-refractivity contribution in [3.63, 3.8) is 0 Å². The monoisotopic (exact) mass is 207 g/mol. The van der Waals surface area contributed by atoms with Crippen LogP contribution in [0.1, 0.15) is 10.4 Å². The predicted molar refractivity (Wildman–Crippen MR) is 56.9 cm³/mol. The summed E-state index contributed by atoms with van der Waals surface area (Å²) < 4.78 is 0. The van der Waals surface area contributed by atoms with Gasteiger partial charge in [0.25, 0.3) is 5.91 Å². The van der Waals surface area contributed by atoms with Crippen LogP contribution in [0.5, 0.6) is 0 Å². The Kier molecular flexibility index (Phi) is 2.43. The molecule has 72 valence electrons. The summed E-state index contributed by atoms with van der Waals surface area (Å²) in [5.41, 5.74) is 6.74. The number of benzene rings is 1. The van der Waals surface area contributed by atoms with Crippen LogP contribution in [0, 0.1) is 0 Å². The van der Waals surface area contributed by atoms with E-state index in [1.165, 1.54) is 17.0 Å². The molecule has 0 bridgehead atoms. The van der Waals surface area contributed by atoms with Gasteiger partial charge in [0, 0.05) is 22.9 Å². The Morgan fingerprint density at radius 1 is 1.50 bits per heavy atom. The van der Waals surface area contributed by atoms with E-state index in [9.17, 15) is 4.79 Å². The molecule has 0 saturated heterocycles. The van der Waals surface area contributed by atoms with Crippen LogP contribution in [0.15, 0.2) is 35.9 Å². The van der Waals surface area contributed by atoms with E-state index in [1.807, 2.05) is 0 Å². The second-order valence-electron chi connectivity index (χ2n) is 2.79. The second-order valence-corrected chi connectivity index (χ2v) is 3.49. The first-order chi connectivity index (χ1) is 6.77. The van der Waals surface area contributed by atoms with Gasteiger partial charge >= 0.3 is 0 Å². The van der Waals surface area contributed by atoms with Crippen LogP contribution in [0.2, 0.25) is 0 Å². The number of carbonyl (C=O) groups excluding carboxylic acids is 1. The lowest BCUT2D eigenvalue weighted by Crippen LogP contribution is -2.31. The number of nitrogen functional groups attached to an aromatic ring is 1. The Hall–Kier alpha value is -1.46. The van der Waals surface area contributed by atoms with Crippen molar-refractivity contribution in [1.82, 2.24) is 9.84 Å². The molecule has 0 radical (unpaired) electrons. The van der Waals surface area contributed by atoms with Crippen LogP contribution in [0.4, 0.5) is 5.69 Å². The van der Waals surface area contributed by atoms with Crippen LogP contribution in [0.3, 0.4) is 0 Å². The zero-order valence-electron chi connectivity index (χ0n) is 7.31. The summed E-state index contributed by atoms with van der Waals surface area (Å²) in [6, 6.07) is 6.90. The van der Waals surface area contributed by atoms with Gasteiger partial charge in [-0.05, 0) is 30.1 Å². The van der Waals surface area contributed by atoms with Gasteiger partial charge in [-0.25, -0.2) is 5.01 Å². The van der Waals surface area contributed by atoms with Gasteiger partial charge < -0.3 is 5.73 Å². The lowest BCUT2D eigenvalue weighted by atomic mass is 10.2. The Morgan fingerprint density at radius 3 is 3.00 bits per heavy atom. The maximum absolute atomic E-state index is 11.7. The molecule has 0 aromatic heterocycles. The number of hydrazine groups is 1. The number of carbonyl (C=O) groups is 1. The highest BCUT2D eigenvalue weighted by molar-refractivity contribution is 8.00. The number of nitrogens with one attached hydrogen (secondary N) is 1. The summed E-state index contributed by atoms with van der Waals surface area (Å²) in [6.07, 6.45) is 1.68. The van der Waals surface area contributed by atoms with Crippen molar-refractivity contribution in [3.05, 3.63) is 41.4 Å². The Balaban J connectivity index is 2.22. The molecule has 1 amide bonds. The predicted octanol–water partition coefficient (Wildman–Crippen LogP) is 1.35. The molecule has 0 spiro atoms. The van der Waals surface area contributed by atoms with Crippen LogP contribution in [-0.4, -0.2) is 10.9 Å². The number of hydrogen-bond acceptors (Lipinski definition) is 4. The number of nitrogens with two attached hydrogens (primary N) is 1. The average Bonchev–Trinajstić information content (AvgIpc) is 2.69. The number of nitrogens with zero attached hydrogens (tertiary/aromatic N) is 1. The van der Waals surface area contributed by atoms with Gasteiger partial charge in [0.05, 0.1) is 0 Å². The van der Waals surface area contributed by atoms with Gasteiger partial charge in [-0.1, -0.05) is 6.07 Å². The Morgan fingerprint density at radius 2 is 2.36 bits per heavy atom. The molecule has 3 N–H and O–H groups in total. The molecule has 1 aromatic rings. The Labute approximate surface area is 85.9 Å². The molecule has 4 nitrogen and oxygen atoms in total. The van der Waals surface area contributed by atoms with Crippen LogP contribution >= 0.6 is 11.9 Å². The first kappa shape index (κ1) is 9.11. The minimum atomic E-state index is -0.112. The van der Waals surface area contributed by atoms with Crippen molar-refractivity contribution >= 4 is 23.5 Å². The van der Waals surface area contributed by atoms with E-state index in [0.717, 1.165) is 0 Å². The SMILES string of the molecule is Nc1cccc(C(=O)N2C=CSN2)c1. The number of hydrogen-bond donors (Lipinski definition) is 2. The minimum Gasteiger partial charge on any atom is -0.399 e. The van der Waals surface area contributed by atoms with E-state index in [0.29, 0.717) is 11.3 Å². The molecule has 14 heavy (non-hydrogen) atoms. The van der Waals surface area contributed by atoms with E-state index in [1.54, 1.807) is 35.9 Å². The van der Waals surface area contributed by atoms with Gasteiger partial charge in [0.2, 0.25) is 0 Å². The first-order valence-electron chi connectivity index (χ1n) is 4.04. The summed E-state index contributed by atoms with van der Waals surface area (Å²) in [5, 5.41) is 3.21. The van der Waals surface area contributed by atoms with E-state index in [-0.39, 0.29) is 5.91 Å². The third-order valence-corrected chi connectivity index (χ3v) is 2.34. The average molecular weight is 207 g/mol. The molecule has 0 fully saturated rings. The third-order valence-electron chi connectivity index (χ3n) is 1.78. The number of amides is 1. The first-order valence-corrected chi connectivity index (χ1v) is 4.92. The van der Waals surface area contributed by atoms with Crippen LogP contribution in [0.25, 0.3) is 0 Å². The Bertz CT molecular complexity index is 391. The van der Waals surface area contributed by atoms with Gasteiger partial charge in [-0.3, -0.25) is 4.79 Å². The topological polar surface area (TPSA) is 58.4 Å². The minimum absolute atomic E-state index is 0.112. The smallest absolute Gasteiger partial charge is 0.272 e. The molecule has 0 aliphatic carbocycles. The van der Waals surface area contributed by atoms with E-state index >= 15 is 0 Å². The van der Waals surface area contributed by atoms with Crippen molar-refractivity contribution in [3.8, 4) is 0 Å². The normalized spacial score (nSPS) is 14.7. The summed E-state index contributed by atoms with van der Waals surface area (Å²) in [5.74, 6) is -0.112. The third kappa shape index (κ3) is 1.73. The lowest BCUT2D eigenvalue weighted by molar-refractivity contribution is 0.0806. The van der Waals surface area contributed by atoms with Crippen molar-refractivity contribution < 1.29 is 4.79 Å². The zero-order valence-corrected chi connectivity index (χ0v) is 8.12. The molecule has 5 heteroatoms. The van der Waals surface area contributed by atoms with E-state index in [2.05, 4.69) is 4.83 Å². The largest absolute Gasteiger partial charge is 0.399 e. The molecular weight excluding hydrogens is 198 g/mol. The fraction of sp³-hybridized carbons (Fsp3) is 0. The summed E-state index contributed by atoms with van der Waals surface area (Å²) in [7, 11) is 0. The molecule has 1 aliphatic heterocycles. The standard InChI is InChI=1S/C9H9N3OS/c10-8-3-1-2-7(6-8)9(13)12-4-5-14-11-12/h1-6,11H,10H2. The zero-order chi connectivity index (χ0) is 9.97. The highest BCUT2D eigenvalue weighted by Gasteiger charge is 2.15. The van der Waals surface area contributed by atoms with Crippen molar-refractivity contribution in [2.75, 3.05) is 5.73 Å². The summed E-state index contributed by atoms with van der Waals surface area (Å²) in [4.78, 5) is 14.6. The van der Waals surface area contributed by atoms with Gasteiger partial charge in [0.1, 0.15) is 0 Å². The van der Waals surface area contributed by atoms with E-state index < -0.39 is 0 Å². The molecule has 0 saturated carbocycles. The van der Waals surface area contributed by atoms with Gasteiger partial charge in [0.15, 0.2) is 0 Å². The molecular formula is C9H9N3OS. The lowest BCUT2D eigenvalue weighted by Gasteiger charge is -2.12. The van der Waals surface area contributed by atoms with Crippen LogP contribution < -0.4 is 10.6 Å². The van der Waals surface area contributed by atoms with Crippen LogP contribution in [-0.2, 0) is 0 Å². The summed E-state index contributed by atoms with van der Waals surface area (Å²) in [6.45, 7) is 0. The molecule has 0 atom stereocenters. The maximum Gasteiger partial charge on any atom is 0.272 e. The number of rotatable bonds is 1. The van der Waals surface area contributed by atoms with Gasteiger partial charge in [-0.2, -0.15) is 4.83 Å². The molecule has 1 heterocycles. The van der Waals surface area contributed by atoms with Crippen molar-refractivity contribution in [2.24, 2.45) is 0 Å². The summed E-state index contributed by atoms with van der Waals surface area (Å²) >= 11 is 1.35. The maximum atomic E-state index is 11.7. The molecule has 2 rings (SSSR count). The molecule has 1 aromatic carbocycles. The van der Waals surface area contributed by atoms with Gasteiger partial charge in [-0.15, -0.1) is 0 Å². The highest BCUT2D eigenvalue weighted by atomic mass is 32.2. The molecule has 1 aliphatic rings. The number of anilines is 1. The van der Waals surface area contributed by atoms with Crippen molar-refractivity contribution in [1.29, 1.82) is 0 Å².